The van der Waals surface area contributed by atoms with Crippen LogP contribution in [-0.4, -0.2) is 49.0 Å². The van der Waals surface area contributed by atoms with Gasteiger partial charge in [0.2, 0.25) is 0 Å². The molecule has 4 rings (SSSR count). The first kappa shape index (κ1) is 33.6. The van der Waals surface area contributed by atoms with E-state index in [0.29, 0.717) is 24.1 Å². The third-order valence-electron chi connectivity index (χ3n) is 8.72. The molecule has 1 saturated carbocycles. The smallest absolute Gasteiger partial charge is 0.123 e. The van der Waals surface area contributed by atoms with Crippen molar-refractivity contribution in [1.82, 2.24) is 10.6 Å². The second-order valence-corrected chi connectivity index (χ2v) is 17.1. The summed E-state index contributed by atoms with van der Waals surface area (Å²) in [6, 6.07) is 18.5. The molecule has 1 heterocycles. The Bertz CT molecular complexity index is 1150. The van der Waals surface area contributed by atoms with E-state index in [-0.39, 0.29) is 22.6 Å². The molecule has 0 unspecified atom stereocenters. The van der Waals surface area contributed by atoms with E-state index in [1.165, 1.54) is 17.7 Å². The van der Waals surface area contributed by atoms with Crippen LogP contribution in [0, 0.1) is 10.8 Å². The maximum absolute atomic E-state index is 6.31. The molecule has 2 aromatic carbocycles. The van der Waals surface area contributed by atoms with Crippen molar-refractivity contribution in [2.75, 3.05) is 24.6 Å². The van der Waals surface area contributed by atoms with Crippen molar-refractivity contribution in [3.05, 3.63) is 54.1 Å². The van der Waals surface area contributed by atoms with Crippen LogP contribution in [0.2, 0.25) is 0 Å². The minimum atomic E-state index is 0.0742. The number of rotatable bonds is 13. The highest BCUT2D eigenvalue weighted by atomic mass is 16.5. The highest BCUT2D eigenvalue weighted by Crippen LogP contribution is 2.32. The highest BCUT2D eigenvalue weighted by molar-refractivity contribution is 5.49. The standard InChI is InChI=1S/C38H61N3O2/c1-35(2,3)25-28-14-16-31(17-15-28)41-21-18-29(26-41)40-38(9,10)20-19-37(7,8)27-42-32-12-11-13-33(24-32)43-34-22-30(23-34)39-36(4,5)6/h11-17,24,29-30,34,39-40H,18-23,25-27H2,1-10H3/t29-,30?,34?/m1/s1. The molecule has 43 heavy (non-hydrogen) atoms. The van der Waals surface area contributed by atoms with Crippen LogP contribution in [0.1, 0.15) is 107 Å². The lowest BCUT2D eigenvalue weighted by molar-refractivity contribution is 0.0729. The lowest BCUT2D eigenvalue weighted by Gasteiger charge is -2.40. The first-order valence-corrected chi connectivity index (χ1v) is 16.7. The minimum Gasteiger partial charge on any atom is -0.493 e. The number of hydrogen-bond donors (Lipinski definition) is 2. The number of hydrogen-bond acceptors (Lipinski definition) is 5. The van der Waals surface area contributed by atoms with Crippen LogP contribution in [-0.2, 0) is 6.42 Å². The van der Waals surface area contributed by atoms with Crippen LogP contribution < -0.4 is 25.0 Å². The molecule has 5 nitrogen and oxygen atoms in total. The summed E-state index contributed by atoms with van der Waals surface area (Å²) in [6.45, 7) is 25.8. The van der Waals surface area contributed by atoms with E-state index in [1.807, 2.05) is 18.2 Å². The van der Waals surface area contributed by atoms with Crippen LogP contribution >= 0.6 is 0 Å². The molecule has 0 amide bonds. The summed E-state index contributed by atoms with van der Waals surface area (Å²) in [5.41, 5.74) is 3.40. The molecule has 0 radical (unpaired) electrons. The van der Waals surface area contributed by atoms with Crippen molar-refractivity contribution in [2.24, 2.45) is 10.8 Å². The monoisotopic (exact) mass is 591 g/mol. The van der Waals surface area contributed by atoms with Gasteiger partial charge < -0.3 is 25.0 Å². The zero-order valence-corrected chi connectivity index (χ0v) is 29.0. The summed E-state index contributed by atoms with van der Waals surface area (Å²) >= 11 is 0. The number of nitrogens with one attached hydrogen (secondary N) is 2. The van der Waals surface area contributed by atoms with E-state index in [2.05, 4.69) is 115 Å². The Morgan fingerprint density at radius 1 is 0.791 bits per heavy atom. The molecule has 1 atom stereocenters. The third kappa shape index (κ3) is 11.3. The van der Waals surface area contributed by atoms with Crippen molar-refractivity contribution < 1.29 is 9.47 Å². The van der Waals surface area contributed by atoms with E-state index < -0.39 is 0 Å². The molecular formula is C38H61N3O2. The van der Waals surface area contributed by atoms with Gasteiger partial charge in [0.25, 0.3) is 0 Å². The molecule has 2 aromatic rings. The minimum absolute atomic E-state index is 0.0742. The van der Waals surface area contributed by atoms with Gasteiger partial charge in [0, 0.05) is 48.0 Å². The second kappa shape index (κ2) is 13.4. The maximum atomic E-state index is 6.31. The number of anilines is 1. The molecule has 0 aromatic heterocycles. The van der Waals surface area contributed by atoms with Crippen LogP contribution in [0.5, 0.6) is 11.5 Å². The summed E-state index contributed by atoms with van der Waals surface area (Å²) in [5, 5.41) is 7.66. The van der Waals surface area contributed by atoms with Crippen LogP contribution in [0.3, 0.4) is 0 Å². The summed E-state index contributed by atoms with van der Waals surface area (Å²) in [5.74, 6) is 1.80. The van der Waals surface area contributed by atoms with Crippen molar-refractivity contribution in [3.63, 3.8) is 0 Å². The zero-order valence-electron chi connectivity index (χ0n) is 29.0. The Morgan fingerprint density at radius 2 is 1.47 bits per heavy atom. The van der Waals surface area contributed by atoms with Gasteiger partial charge in [-0.1, -0.05) is 52.8 Å². The molecule has 2 aliphatic rings. The van der Waals surface area contributed by atoms with Gasteiger partial charge in [-0.2, -0.15) is 0 Å². The Hall–Kier alpha value is -2.24. The van der Waals surface area contributed by atoms with E-state index in [0.717, 1.165) is 56.7 Å². The number of benzene rings is 2. The molecule has 240 valence electrons. The molecule has 1 aliphatic carbocycles. The summed E-state index contributed by atoms with van der Waals surface area (Å²) < 4.78 is 12.6. The van der Waals surface area contributed by atoms with Gasteiger partial charge in [0.1, 0.15) is 17.6 Å². The molecule has 0 spiro atoms. The van der Waals surface area contributed by atoms with Gasteiger partial charge in [-0.3, -0.25) is 0 Å². The van der Waals surface area contributed by atoms with Crippen molar-refractivity contribution in [3.8, 4) is 11.5 Å². The average molecular weight is 592 g/mol. The predicted octanol–water partition coefficient (Wildman–Crippen LogP) is 8.41. The Morgan fingerprint density at radius 3 is 2.12 bits per heavy atom. The predicted molar refractivity (Wildman–Crippen MR) is 183 cm³/mol. The first-order chi connectivity index (χ1) is 19.9. The van der Waals surface area contributed by atoms with Crippen molar-refractivity contribution in [1.29, 1.82) is 0 Å². The Labute approximate surface area is 263 Å². The van der Waals surface area contributed by atoms with E-state index >= 15 is 0 Å². The highest BCUT2D eigenvalue weighted by Gasteiger charge is 2.33. The van der Waals surface area contributed by atoms with Gasteiger partial charge in [-0.05, 0) is 114 Å². The van der Waals surface area contributed by atoms with Gasteiger partial charge in [0.05, 0.1) is 6.61 Å². The fourth-order valence-corrected chi connectivity index (χ4v) is 6.40. The van der Waals surface area contributed by atoms with Gasteiger partial charge >= 0.3 is 0 Å². The fourth-order valence-electron chi connectivity index (χ4n) is 6.40. The molecular weight excluding hydrogens is 530 g/mol. The van der Waals surface area contributed by atoms with Gasteiger partial charge in [-0.25, -0.2) is 0 Å². The summed E-state index contributed by atoms with van der Waals surface area (Å²) in [6.07, 6.45) is 6.91. The average Bonchev–Trinajstić information content (AvgIpc) is 3.32. The summed E-state index contributed by atoms with van der Waals surface area (Å²) in [4.78, 5) is 2.54. The molecule has 1 saturated heterocycles. The lowest BCUT2D eigenvalue weighted by Crippen LogP contribution is -2.53. The lowest BCUT2D eigenvalue weighted by atomic mass is 9.83. The fraction of sp³-hybridized carbons (Fsp3) is 0.684. The molecule has 2 fully saturated rings. The van der Waals surface area contributed by atoms with Crippen LogP contribution in [0.25, 0.3) is 0 Å². The van der Waals surface area contributed by atoms with Gasteiger partial charge in [-0.15, -0.1) is 0 Å². The van der Waals surface area contributed by atoms with E-state index in [1.54, 1.807) is 0 Å². The number of nitrogens with zero attached hydrogens (tertiary/aromatic N) is 1. The SMILES string of the molecule is CC(C)(C)Cc1ccc(N2CC[C@@H](NC(C)(C)CCC(C)(C)COc3cccc(OC4CC(NC(C)(C)C)C4)c3)C2)cc1. The Kier molecular flexibility index (Phi) is 10.5. The summed E-state index contributed by atoms with van der Waals surface area (Å²) in [7, 11) is 0. The molecule has 5 heteroatoms. The van der Waals surface area contributed by atoms with Crippen LogP contribution in [0.15, 0.2) is 48.5 Å². The first-order valence-electron chi connectivity index (χ1n) is 16.7. The molecule has 2 N–H and O–H groups in total. The normalized spacial score (nSPS) is 21.5. The number of ether oxygens (including phenoxy) is 2. The Balaban J connectivity index is 1.18. The second-order valence-electron chi connectivity index (χ2n) is 17.1. The van der Waals surface area contributed by atoms with E-state index in [4.69, 9.17) is 9.47 Å². The third-order valence-corrected chi connectivity index (χ3v) is 8.72. The molecule has 1 aliphatic heterocycles. The molecule has 0 bridgehead atoms. The van der Waals surface area contributed by atoms with E-state index in [9.17, 15) is 0 Å². The topological polar surface area (TPSA) is 45.8 Å². The quantitative estimate of drug-likeness (QED) is 0.245. The largest absolute Gasteiger partial charge is 0.493 e. The zero-order chi connectivity index (χ0) is 31.5. The van der Waals surface area contributed by atoms with Crippen molar-refractivity contribution in [2.45, 2.75) is 137 Å². The maximum Gasteiger partial charge on any atom is 0.123 e. The van der Waals surface area contributed by atoms with Crippen molar-refractivity contribution >= 4 is 5.69 Å². The van der Waals surface area contributed by atoms with Gasteiger partial charge in [0.15, 0.2) is 0 Å². The van der Waals surface area contributed by atoms with Crippen LogP contribution in [0.4, 0.5) is 5.69 Å².